The molecule has 0 unspecified atom stereocenters. The standard InChI is InChI=1S/C18H19BrN2O3/c1-3-13-7-8-17(16(19)10-13)24-12-18(22)21-20-11-14-5-4-6-15(9-14)23-2/h4-11H,3,12H2,1-2H3,(H,21,22). The van der Waals surface area contributed by atoms with Gasteiger partial charge in [0.05, 0.1) is 17.8 Å². The summed E-state index contributed by atoms with van der Waals surface area (Å²) in [5, 5.41) is 3.91. The molecule has 0 saturated heterocycles. The molecule has 24 heavy (non-hydrogen) atoms. The van der Waals surface area contributed by atoms with Gasteiger partial charge in [-0.15, -0.1) is 0 Å². The second-order valence-electron chi connectivity index (χ2n) is 4.98. The lowest BCUT2D eigenvalue weighted by Crippen LogP contribution is -2.24. The van der Waals surface area contributed by atoms with Crippen LogP contribution in [0.4, 0.5) is 0 Å². The van der Waals surface area contributed by atoms with Gasteiger partial charge in [-0.3, -0.25) is 4.79 Å². The molecule has 0 aromatic heterocycles. The van der Waals surface area contributed by atoms with E-state index in [-0.39, 0.29) is 12.5 Å². The van der Waals surface area contributed by atoms with Gasteiger partial charge >= 0.3 is 0 Å². The molecule has 0 heterocycles. The summed E-state index contributed by atoms with van der Waals surface area (Å²) in [5.74, 6) is 1.02. The highest BCUT2D eigenvalue weighted by Gasteiger charge is 2.05. The van der Waals surface area contributed by atoms with E-state index in [1.807, 2.05) is 42.5 Å². The van der Waals surface area contributed by atoms with E-state index in [0.29, 0.717) is 5.75 Å². The van der Waals surface area contributed by atoms with Crippen LogP contribution in [0.15, 0.2) is 52.0 Å². The van der Waals surface area contributed by atoms with Crippen molar-refractivity contribution < 1.29 is 14.3 Å². The Labute approximate surface area is 149 Å². The Morgan fingerprint density at radius 1 is 1.29 bits per heavy atom. The van der Waals surface area contributed by atoms with Crippen LogP contribution in [-0.4, -0.2) is 25.8 Å². The van der Waals surface area contributed by atoms with Gasteiger partial charge in [-0.25, -0.2) is 5.43 Å². The Bertz CT molecular complexity index is 732. The summed E-state index contributed by atoms with van der Waals surface area (Å²) >= 11 is 3.44. The molecule has 1 N–H and O–H groups in total. The monoisotopic (exact) mass is 390 g/mol. The van der Waals surface area contributed by atoms with Gasteiger partial charge in [0, 0.05) is 0 Å². The van der Waals surface area contributed by atoms with Crippen LogP contribution in [0.1, 0.15) is 18.1 Å². The predicted octanol–water partition coefficient (Wildman–Crippen LogP) is 3.55. The fraction of sp³-hybridized carbons (Fsp3) is 0.222. The third-order valence-corrected chi connectivity index (χ3v) is 3.88. The van der Waals surface area contributed by atoms with E-state index < -0.39 is 0 Å². The molecule has 0 aliphatic rings. The van der Waals surface area contributed by atoms with Gasteiger partial charge in [0.15, 0.2) is 6.61 Å². The Kier molecular flexibility index (Phi) is 6.81. The lowest BCUT2D eigenvalue weighted by atomic mass is 10.2. The van der Waals surface area contributed by atoms with Crippen molar-refractivity contribution in [2.75, 3.05) is 13.7 Å². The molecule has 126 valence electrons. The topological polar surface area (TPSA) is 59.9 Å². The Hall–Kier alpha value is -2.34. The normalized spacial score (nSPS) is 10.6. The number of carbonyl (C=O) groups excluding carboxylic acids is 1. The molecule has 0 aliphatic carbocycles. The van der Waals surface area contributed by atoms with E-state index in [2.05, 4.69) is 33.4 Å². The number of halogens is 1. The molecule has 2 aromatic carbocycles. The van der Waals surface area contributed by atoms with Crippen LogP contribution in [0.25, 0.3) is 0 Å². The molecular weight excluding hydrogens is 372 g/mol. The number of nitrogens with one attached hydrogen (secondary N) is 1. The molecule has 0 saturated carbocycles. The van der Waals surface area contributed by atoms with Crippen molar-refractivity contribution in [2.45, 2.75) is 13.3 Å². The van der Waals surface area contributed by atoms with Gasteiger partial charge in [0.1, 0.15) is 11.5 Å². The first-order valence-electron chi connectivity index (χ1n) is 7.49. The van der Waals surface area contributed by atoms with Gasteiger partial charge in [0.25, 0.3) is 5.91 Å². The summed E-state index contributed by atoms with van der Waals surface area (Å²) in [6.07, 6.45) is 2.49. The summed E-state index contributed by atoms with van der Waals surface area (Å²) in [6.45, 7) is 1.97. The third kappa shape index (κ3) is 5.38. The fourth-order valence-electron chi connectivity index (χ4n) is 1.96. The summed E-state index contributed by atoms with van der Waals surface area (Å²) in [4.78, 5) is 11.8. The molecule has 0 radical (unpaired) electrons. The Morgan fingerprint density at radius 2 is 2.12 bits per heavy atom. The average molecular weight is 391 g/mol. The first-order valence-corrected chi connectivity index (χ1v) is 8.29. The van der Waals surface area contributed by atoms with Crippen LogP contribution in [0.2, 0.25) is 0 Å². The summed E-state index contributed by atoms with van der Waals surface area (Å²) < 4.78 is 11.4. The van der Waals surface area contributed by atoms with E-state index in [1.165, 1.54) is 5.56 Å². The summed E-state index contributed by atoms with van der Waals surface area (Å²) in [6, 6.07) is 13.2. The quantitative estimate of drug-likeness (QED) is 0.580. The highest BCUT2D eigenvalue weighted by atomic mass is 79.9. The Balaban J connectivity index is 1.84. The van der Waals surface area contributed by atoms with Crippen molar-refractivity contribution in [3.63, 3.8) is 0 Å². The van der Waals surface area contributed by atoms with E-state index in [4.69, 9.17) is 9.47 Å². The van der Waals surface area contributed by atoms with Crippen LogP contribution >= 0.6 is 15.9 Å². The van der Waals surface area contributed by atoms with Gasteiger partial charge in [-0.05, 0) is 57.7 Å². The smallest absolute Gasteiger partial charge is 0.277 e. The van der Waals surface area contributed by atoms with Gasteiger partial charge in [0.2, 0.25) is 0 Å². The maximum atomic E-state index is 11.8. The van der Waals surface area contributed by atoms with Crippen LogP contribution in [-0.2, 0) is 11.2 Å². The van der Waals surface area contributed by atoms with E-state index in [1.54, 1.807) is 13.3 Å². The number of benzene rings is 2. The third-order valence-electron chi connectivity index (χ3n) is 3.26. The number of aryl methyl sites for hydroxylation is 1. The van der Waals surface area contributed by atoms with E-state index >= 15 is 0 Å². The van der Waals surface area contributed by atoms with Crippen LogP contribution < -0.4 is 14.9 Å². The molecule has 2 aromatic rings. The molecule has 0 atom stereocenters. The fourth-order valence-corrected chi connectivity index (χ4v) is 2.50. The zero-order valence-corrected chi connectivity index (χ0v) is 15.2. The van der Waals surface area contributed by atoms with Crippen LogP contribution in [0.5, 0.6) is 11.5 Å². The average Bonchev–Trinajstić information content (AvgIpc) is 2.60. The zero-order chi connectivity index (χ0) is 17.4. The molecule has 6 heteroatoms. The predicted molar refractivity (Wildman–Crippen MR) is 97.7 cm³/mol. The lowest BCUT2D eigenvalue weighted by Gasteiger charge is -2.08. The van der Waals surface area contributed by atoms with Crippen molar-refractivity contribution >= 4 is 28.1 Å². The molecule has 1 amide bonds. The van der Waals surface area contributed by atoms with Crippen molar-refractivity contribution in [1.82, 2.24) is 5.43 Å². The summed E-state index contributed by atoms with van der Waals surface area (Å²) in [5.41, 5.74) is 4.45. The Morgan fingerprint density at radius 3 is 2.83 bits per heavy atom. The van der Waals surface area contributed by atoms with Gasteiger partial charge in [-0.2, -0.15) is 5.10 Å². The maximum Gasteiger partial charge on any atom is 0.277 e. The summed E-state index contributed by atoms with van der Waals surface area (Å²) in [7, 11) is 1.60. The number of nitrogens with zero attached hydrogens (tertiary/aromatic N) is 1. The number of hydrogen-bond donors (Lipinski definition) is 1. The second kappa shape index (κ2) is 9.08. The number of methoxy groups -OCH3 is 1. The highest BCUT2D eigenvalue weighted by molar-refractivity contribution is 9.10. The minimum absolute atomic E-state index is 0.112. The number of hydrazone groups is 1. The minimum Gasteiger partial charge on any atom is -0.497 e. The number of amides is 1. The molecule has 0 spiro atoms. The van der Waals surface area contributed by atoms with Crippen molar-refractivity contribution in [3.8, 4) is 11.5 Å². The second-order valence-corrected chi connectivity index (χ2v) is 5.83. The first kappa shape index (κ1) is 18.0. The number of hydrogen-bond acceptors (Lipinski definition) is 4. The SMILES string of the molecule is CCc1ccc(OCC(=O)NN=Cc2cccc(OC)c2)c(Br)c1. The zero-order valence-electron chi connectivity index (χ0n) is 13.6. The maximum absolute atomic E-state index is 11.8. The molecule has 2 rings (SSSR count). The molecule has 0 aliphatic heterocycles. The highest BCUT2D eigenvalue weighted by Crippen LogP contribution is 2.26. The first-order chi connectivity index (χ1) is 11.6. The van der Waals surface area contributed by atoms with Crippen molar-refractivity contribution in [2.24, 2.45) is 5.10 Å². The van der Waals surface area contributed by atoms with E-state index in [0.717, 1.165) is 22.2 Å². The lowest BCUT2D eigenvalue weighted by molar-refractivity contribution is -0.123. The molecular formula is C18H19BrN2O3. The largest absolute Gasteiger partial charge is 0.497 e. The van der Waals surface area contributed by atoms with Crippen molar-refractivity contribution in [3.05, 3.63) is 58.1 Å². The molecule has 0 fully saturated rings. The number of ether oxygens (including phenoxy) is 2. The van der Waals surface area contributed by atoms with Crippen molar-refractivity contribution in [1.29, 1.82) is 0 Å². The number of rotatable bonds is 7. The molecule has 0 bridgehead atoms. The van der Waals surface area contributed by atoms with Gasteiger partial charge in [-0.1, -0.05) is 25.1 Å². The number of carbonyl (C=O) groups is 1. The molecule has 5 nitrogen and oxygen atoms in total. The van der Waals surface area contributed by atoms with Gasteiger partial charge < -0.3 is 9.47 Å². The van der Waals surface area contributed by atoms with Crippen LogP contribution in [0.3, 0.4) is 0 Å². The van der Waals surface area contributed by atoms with Crippen LogP contribution in [0, 0.1) is 0 Å². The minimum atomic E-state index is -0.333. The van der Waals surface area contributed by atoms with E-state index in [9.17, 15) is 4.79 Å².